The summed E-state index contributed by atoms with van der Waals surface area (Å²) in [5, 5.41) is 6.15. The van der Waals surface area contributed by atoms with Crippen molar-refractivity contribution in [3.63, 3.8) is 0 Å². The Morgan fingerprint density at radius 2 is 1.58 bits per heavy atom. The number of aryl methyl sites for hydroxylation is 2. The zero-order valence-corrected chi connectivity index (χ0v) is 13.5. The Labute approximate surface area is 139 Å². The van der Waals surface area contributed by atoms with Crippen LogP contribution >= 0.6 is 0 Å². The van der Waals surface area contributed by atoms with E-state index in [4.69, 9.17) is 0 Å². The zero-order valence-electron chi connectivity index (χ0n) is 13.5. The van der Waals surface area contributed by atoms with Gasteiger partial charge in [0.2, 0.25) is 0 Å². The molecular formula is C19H17N3O2. The second-order valence-electron chi connectivity index (χ2n) is 5.61. The Morgan fingerprint density at radius 3 is 2.33 bits per heavy atom. The number of nitrogens with one attached hydrogen (secondary N) is 2. The molecule has 1 aromatic heterocycles. The van der Waals surface area contributed by atoms with Gasteiger partial charge >= 0.3 is 11.8 Å². The maximum absolute atomic E-state index is 12.2. The van der Waals surface area contributed by atoms with E-state index in [-0.39, 0.29) is 0 Å². The Balaban J connectivity index is 1.77. The van der Waals surface area contributed by atoms with Crippen LogP contribution in [0.25, 0.3) is 10.9 Å². The van der Waals surface area contributed by atoms with Gasteiger partial charge in [-0.15, -0.1) is 0 Å². The highest BCUT2D eigenvalue weighted by molar-refractivity contribution is 6.44. The van der Waals surface area contributed by atoms with Crippen LogP contribution in [0.4, 0.5) is 11.4 Å². The van der Waals surface area contributed by atoms with Crippen LogP contribution in [0, 0.1) is 13.8 Å². The number of para-hydroxylation sites is 1. The van der Waals surface area contributed by atoms with Gasteiger partial charge in [0.15, 0.2) is 0 Å². The molecular weight excluding hydrogens is 302 g/mol. The van der Waals surface area contributed by atoms with Crippen LogP contribution in [-0.4, -0.2) is 16.8 Å². The predicted octanol–water partition coefficient (Wildman–Crippen LogP) is 3.43. The molecule has 5 nitrogen and oxygen atoms in total. The van der Waals surface area contributed by atoms with E-state index in [0.29, 0.717) is 16.9 Å². The van der Waals surface area contributed by atoms with Gasteiger partial charge in [0.05, 0.1) is 11.2 Å². The van der Waals surface area contributed by atoms with Gasteiger partial charge in [-0.05, 0) is 37.6 Å². The number of amides is 2. The molecule has 0 saturated carbocycles. The Bertz CT molecular complexity index is 930. The van der Waals surface area contributed by atoms with Crippen LogP contribution in [-0.2, 0) is 9.59 Å². The average molecular weight is 319 g/mol. The van der Waals surface area contributed by atoms with E-state index in [9.17, 15) is 9.59 Å². The highest BCUT2D eigenvalue weighted by atomic mass is 16.2. The number of benzene rings is 2. The average Bonchev–Trinajstić information content (AvgIpc) is 2.57. The van der Waals surface area contributed by atoms with Crippen LogP contribution in [0.1, 0.15) is 11.1 Å². The number of fused-ring (bicyclic) bond motifs is 1. The molecule has 0 aliphatic heterocycles. The maximum atomic E-state index is 12.2. The normalized spacial score (nSPS) is 10.4. The number of pyridine rings is 1. The minimum atomic E-state index is -0.729. The third-order valence-electron chi connectivity index (χ3n) is 3.72. The Morgan fingerprint density at radius 1 is 0.875 bits per heavy atom. The molecule has 0 atom stereocenters. The molecule has 2 aromatic carbocycles. The van der Waals surface area contributed by atoms with Crippen LogP contribution in [0.5, 0.6) is 0 Å². The van der Waals surface area contributed by atoms with E-state index >= 15 is 0 Å². The number of hydrogen-bond donors (Lipinski definition) is 2. The van der Waals surface area contributed by atoms with Gasteiger partial charge in [0.25, 0.3) is 0 Å². The van der Waals surface area contributed by atoms with Crippen LogP contribution in [0.15, 0.2) is 54.7 Å². The van der Waals surface area contributed by atoms with Crippen molar-refractivity contribution in [1.82, 2.24) is 4.98 Å². The summed E-state index contributed by atoms with van der Waals surface area (Å²) in [6.45, 7) is 3.86. The van der Waals surface area contributed by atoms with E-state index < -0.39 is 11.8 Å². The summed E-state index contributed by atoms with van der Waals surface area (Å²) >= 11 is 0. The lowest BCUT2D eigenvalue weighted by Crippen LogP contribution is -2.29. The second-order valence-corrected chi connectivity index (χ2v) is 5.61. The first kappa shape index (κ1) is 15.7. The standard InChI is InChI=1S/C19H17N3O2/c1-12-8-9-15(13(2)11-12)21-18(23)19(24)22-16-7-3-5-14-6-4-10-20-17(14)16/h3-11H,1-2H3,(H,21,23)(H,22,24). The van der Waals surface area contributed by atoms with Gasteiger partial charge in [0.1, 0.15) is 0 Å². The summed E-state index contributed by atoms with van der Waals surface area (Å²) in [5.41, 5.74) is 3.78. The number of aromatic nitrogens is 1. The minimum Gasteiger partial charge on any atom is -0.318 e. The quantitative estimate of drug-likeness (QED) is 0.711. The summed E-state index contributed by atoms with van der Waals surface area (Å²) < 4.78 is 0. The molecule has 2 amide bonds. The molecule has 0 aliphatic carbocycles. The summed E-state index contributed by atoms with van der Waals surface area (Å²) in [6, 6.07) is 14.8. The van der Waals surface area contributed by atoms with E-state index in [1.165, 1.54) is 0 Å². The van der Waals surface area contributed by atoms with Crippen LogP contribution in [0.3, 0.4) is 0 Å². The van der Waals surface area contributed by atoms with Crippen molar-refractivity contribution >= 4 is 34.1 Å². The molecule has 0 saturated heterocycles. The van der Waals surface area contributed by atoms with Crippen molar-refractivity contribution in [2.45, 2.75) is 13.8 Å². The van der Waals surface area contributed by atoms with E-state index in [2.05, 4.69) is 15.6 Å². The van der Waals surface area contributed by atoms with Crippen molar-refractivity contribution in [3.8, 4) is 0 Å². The largest absolute Gasteiger partial charge is 0.318 e. The Hall–Kier alpha value is -3.21. The molecule has 2 N–H and O–H groups in total. The molecule has 3 aromatic rings. The highest BCUT2D eigenvalue weighted by Crippen LogP contribution is 2.21. The van der Waals surface area contributed by atoms with Crippen molar-refractivity contribution in [1.29, 1.82) is 0 Å². The molecule has 0 spiro atoms. The molecule has 0 bridgehead atoms. The van der Waals surface area contributed by atoms with Gasteiger partial charge in [-0.3, -0.25) is 14.6 Å². The van der Waals surface area contributed by atoms with Crippen molar-refractivity contribution in [2.24, 2.45) is 0 Å². The van der Waals surface area contributed by atoms with Gasteiger partial charge in [0, 0.05) is 17.3 Å². The lowest BCUT2D eigenvalue weighted by molar-refractivity contribution is -0.132. The first-order valence-corrected chi connectivity index (χ1v) is 7.58. The summed E-state index contributed by atoms with van der Waals surface area (Å²) in [5.74, 6) is -1.44. The fraction of sp³-hybridized carbons (Fsp3) is 0.105. The SMILES string of the molecule is Cc1ccc(NC(=O)C(=O)Nc2cccc3cccnc23)c(C)c1. The highest BCUT2D eigenvalue weighted by Gasteiger charge is 2.16. The lowest BCUT2D eigenvalue weighted by Gasteiger charge is -2.10. The third-order valence-corrected chi connectivity index (χ3v) is 3.72. The molecule has 0 radical (unpaired) electrons. The van der Waals surface area contributed by atoms with Gasteiger partial charge in [-0.1, -0.05) is 35.9 Å². The van der Waals surface area contributed by atoms with Crippen molar-refractivity contribution < 1.29 is 9.59 Å². The smallest absolute Gasteiger partial charge is 0.314 e. The summed E-state index contributed by atoms with van der Waals surface area (Å²) in [4.78, 5) is 28.6. The monoisotopic (exact) mass is 319 g/mol. The molecule has 1 heterocycles. The first-order valence-electron chi connectivity index (χ1n) is 7.58. The van der Waals surface area contributed by atoms with Crippen molar-refractivity contribution in [3.05, 3.63) is 65.9 Å². The fourth-order valence-corrected chi connectivity index (χ4v) is 2.52. The summed E-state index contributed by atoms with van der Waals surface area (Å²) in [6.07, 6.45) is 1.65. The molecule has 3 rings (SSSR count). The van der Waals surface area contributed by atoms with E-state index in [0.717, 1.165) is 16.5 Å². The van der Waals surface area contributed by atoms with E-state index in [1.807, 2.05) is 50.2 Å². The molecule has 120 valence electrons. The number of carbonyl (C=O) groups is 2. The van der Waals surface area contributed by atoms with Gasteiger partial charge < -0.3 is 10.6 Å². The number of nitrogens with zero attached hydrogens (tertiary/aromatic N) is 1. The number of anilines is 2. The third kappa shape index (κ3) is 3.25. The Kier molecular flexibility index (Phi) is 4.24. The predicted molar refractivity (Wildman–Crippen MR) is 94.9 cm³/mol. The van der Waals surface area contributed by atoms with Gasteiger partial charge in [-0.25, -0.2) is 0 Å². The van der Waals surface area contributed by atoms with E-state index in [1.54, 1.807) is 18.3 Å². The fourth-order valence-electron chi connectivity index (χ4n) is 2.52. The molecule has 24 heavy (non-hydrogen) atoms. The maximum Gasteiger partial charge on any atom is 0.314 e. The lowest BCUT2D eigenvalue weighted by atomic mass is 10.1. The van der Waals surface area contributed by atoms with Crippen LogP contribution in [0.2, 0.25) is 0 Å². The zero-order chi connectivity index (χ0) is 17.1. The van der Waals surface area contributed by atoms with Crippen molar-refractivity contribution in [2.75, 3.05) is 10.6 Å². The van der Waals surface area contributed by atoms with Gasteiger partial charge in [-0.2, -0.15) is 0 Å². The number of rotatable bonds is 2. The topological polar surface area (TPSA) is 71.1 Å². The summed E-state index contributed by atoms with van der Waals surface area (Å²) in [7, 11) is 0. The first-order chi connectivity index (χ1) is 11.5. The molecule has 5 heteroatoms. The molecule has 0 fully saturated rings. The number of hydrogen-bond acceptors (Lipinski definition) is 3. The van der Waals surface area contributed by atoms with Crippen LogP contribution < -0.4 is 10.6 Å². The minimum absolute atomic E-state index is 0.508. The number of carbonyl (C=O) groups excluding carboxylic acids is 2. The second kappa shape index (κ2) is 6.50. The molecule has 0 aliphatic rings. The molecule has 0 unspecified atom stereocenters.